The number of carbonyl (C=O) groups is 3. The van der Waals surface area contributed by atoms with Gasteiger partial charge in [-0.15, -0.1) is 0 Å². The Morgan fingerprint density at radius 1 is 1.31 bits per heavy atom. The molecule has 1 aliphatic rings. The lowest BCUT2D eigenvalue weighted by Crippen LogP contribution is -2.52. The van der Waals surface area contributed by atoms with Gasteiger partial charge in [-0.05, 0) is 39.8 Å². The Morgan fingerprint density at radius 2 is 2.00 bits per heavy atom. The van der Waals surface area contributed by atoms with Crippen molar-refractivity contribution >= 4 is 23.4 Å². The van der Waals surface area contributed by atoms with Gasteiger partial charge >= 0.3 is 0 Å². The van der Waals surface area contributed by atoms with Crippen LogP contribution in [0.1, 0.15) is 34.1 Å². The SMILES string of the molecule is COc1cccc(N2CC(C(=O)NC(C)C(=O)NC(C)(C)C)CC2=O)c1. The fraction of sp³-hybridized carbons (Fsp3) is 0.526. The van der Waals surface area contributed by atoms with E-state index in [1.807, 2.05) is 20.8 Å². The van der Waals surface area contributed by atoms with Gasteiger partial charge in [-0.1, -0.05) is 6.07 Å². The van der Waals surface area contributed by atoms with Crippen LogP contribution in [0.3, 0.4) is 0 Å². The molecule has 2 rings (SSSR count). The zero-order chi connectivity index (χ0) is 19.5. The maximum Gasteiger partial charge on any atom is 0.242 e. The molecule has 1 heterocycles. The first kappa shape index (κ1) is 19.8. The molecule has 1 fully saturated rings. The number of hydrogen-bond donors (Lipinski definition) is 2. The van der Waals surface area contributed by atoms with Gasteiger partial charge < -0.3 is 20.3 Å². The largest absolute Gasteiger partial charge is 0.497 e. The van der Waals surface area contributed by atoms with Gasteiger partial charge in [0.1, 0.15) is 11.8 Å². The minimum absolute atomic E-state index is 0.120. The third-order valence-corrected chi connectivity index (χ3v) is 4.11. The number of benzene rings is 1. The molecule has 2 atom stereocenters. The molecule has 0 aliphatic carbocycles. The average Bonchev–Trinajstić information content (AvgIpc) is 2.95. The maximum absolute atomic E-state index is 12.5. The number of nitrogens with one attached hydrogen (secondary N) is 2. The van der Waals surface area contributed by atoms with Crippen molar-refractivity contribution in [1.82, 2.24) is 10.6 Å². The molecule has 1 aromatic rings. The van der Waals surface area contributed by atoms with E-state index in [9.17, 15) is 14.4 Å². The summed E-state index contributed by atoms with van der Waals surface area (Å²) in [5.74, 6) is -0.500. The highest BCUT2D eigenvalue weighted by atomic mass is 16.5. The molecule has 1 saturated heterocycles. The van der Waals surface area contributed by atoms with Crippen LogP contribution in [0.2, 0.25) is 0 Å². The van der Waals surface area contributed by atoms with Crippen molar-refractivity contribution in [3.05, 3.63) is 24.3 Å². The van der Waals surface area contributed by atoms with Crippen molar-refractivity contribution in [2.24, 2.45) is 5.92 Å². The molecule has 0 aromatic heterocycles. The van der Waals surface area contributed by atoms with Crippen LogP contribution in [0, 0.1) is 5.92 Å². The summed E-state index contributed by atoms with van der Waals surface area (Å²) < 4.78 is 5.18. The lowest BCUT2D eigenvalue weighted by Gasteiger charge is -2.24. The van der Waals surface area contributed by atoms with Crippen LogP contribution in [0.25, 0.3) is 0 Å². The fourth-order valence-electron chi connectivity index (χ4n) is 2.79. The van der Waals surface area contributed by atoms with Crippen molar-refractivity contribution in [3.8, 4) is 5.75 Å². The number of rotatable bonds is 5. The van der Waals surface area contributed by atoms with Gasteiger partial charge in [0.2, 0.25) is 17.7 Å². The first-order valence-corrected chi connectivity index (χ1v) is 8.67. The van der Waals surface area contributed by atoms with E-state index >= 15 is 0 Å². The number of anilines is 1. The van der Waals surface area contributed by atoms with E-state index in [4.69, 9.17) is 4.74 Å². The number of hydrogen-bond acceptors (Lipinski definition) is 4. The summed E-state index contributed by atoms with van der Waals surface area (Å²) in [5.41, 5.74) is 0.325. The summed E-state index contributed by atoms with van der Waals surface area (Å²) in [5, 5.41) is 5.53. The van der Waals surface area contributed by atoms with E-state index in [-0.39, 0.29) is 36.2 Å². The summed E-state index contributed by atoms with van der Waals surface area (Å²) in [4.78, 5) is 38.5. The Balaban J connectivity index is 1.99. The zero-order valence-corrected chi connectivity index (χ0v) is 16.0. The summed E-state index contributed by atoms with van der Waals surface area (Å²) in [6, 6.07) is 6.50. The van der Waals surface area contributed by atoms with Crippen LogP contribution in [0.5, 0.6) is 5.75 Å². The summed E-state index contributed by atoms with van der Waals surface area (Å²) >= 11 is 0. The van der Waals surface area contributed by atoms with E-state index in [0.29, 0.717) is 11.4 Å². The maximum atomic E-state index is 12.5. The summed E-state index contributed by atoms with van der Waals surface area (Å²) in [6.45, 7) is 7.55. The molecule has 7 nitrogen and oxygen atoms in total. The molecular weight excluding hydrogens is 334 g/mol. The fourth-order valence-corrected chi connectivity index (χ4v) is 2.79. The molecule has 0 saturated carbocycles. The Bertz CT molecular complexity index is 696. The summed E-state index contributed by atoms with van der Waals surface area (Å²) in [7, 11) is 1.56. The van der Waals surface area contributed by atoms with Gasteiger partial charge in [-0.2, -0.15) is 0 Å². The number of nitrogens with zero attached hydrogens (tertiary/aromatic N) is 1. The topological polar surface area (TPSA) is 87.7 Å². The van der Waals surface area contributed by atoms with E-state index in [0.717, 1.165) is 0 Å². The van der Waals surface area contributed by atoms with Gasteiger partial charge in [0.05, 0.1) is 13.0 Å². The van der Waals surface area contributed by atoms with Crippen LogP contribution in [-0.4, -0.2) is 43.0 Å². The van der Waals surface area contributed by atoms with Crippen LogP contribution < -0.4 is 20.3 Å². The zero-order valence-electron chi connectivity index (χ0n) is 16.0. The highest BCUT2D eigenvalue weighted by Crippen LogP contribution is 2.28. The van der Waals surface area contributed by atoms with Gasteiger partial charge in [-0.25, -0.2) is 0 Å². The molecule has 0 spiro atoms. The van der Waals surface area contributed by atoms with E-state index < -0.39 is 12.0 Å². The van der Waals surface area contributed by atoms with Crippen LogP contribution in [0.4, 0.5) is 5.69 Å². The quantitative estimate of drug-likeness (QED) is 0.831. The predicted molar refractivity (Wildman–Crippen MR) is 99.0 cm³/mol. The smallest absolute Gasteiger partial charge is 0.242 e. The molecule has 1 aromatic carbocycles. The highest BCUT2D eigenvalue weighted by molar-refractivity contribution is 6.01. The Hall–Kier alpha value is -2.57. The molecule has 26 heavy (non-hydrogen) atoms. The Kier molecular flexibility index (Phi) is 5.90. The normalized spacial score (nSPS) is 18.4. The first-order valence-electron chi connectivity index (χ1n) is 8.67. The Labute approximate surface area is 154 Å². The van der Waals surface area contributed by atoms with Gasteiger partial charge in [0.25, 0.3) is 0 Å². The molecule has 3 amide bonds. The molecule has 1 aliphatic heterocycles. The third kappa shape index (κ3) is 4.97. The second-order valence-corrected chi connectivity index (χ2v) is 7.58. The van der Waals surface area contributed by atoms with Crippen LogP contribution >= 0.6 is 0 Å². The number of ether oxygens (including phenoxy) is 1. The second kappa shape index (κ2) is 7.76. The number of carbonyl (C=O) groups excluding carboxylic acids is 3. The van der Waals surface area contributed by atoms with Gasteiger partial charge in [-0.3, -0.25) is 14.4 Å². The third-order valence-electron chi connectivity index (χ3n) is 4.11. The Morgan fingerprint density at radius 3 is 2.62 bits per heavy atom. The van der Waals surface area contributed by atoms with Crippen molar-refractivity contribution in [2.45, 2.75) is 45.7 Å². The minimum Gasteiger partial charge on any atom is -0.497 e. The molecule has 0 radical (unpaired) electrons. The second-order valence-electron chi connectivity index (χ2n) is 7.58. The molecule has 2 unspecified atom stereocenters. The van der Waals surface area contributed by atoms with Crippen molar-refractivity contribution < 1.29 is 19.1 Å². The van der Waals surface area contributed by atoms with Gasteiger partial charge in [0, 0.05) is 30.3 Å². The van der Waals surface area contributed by atoms with Crippen molar-refractivity contribution in [2.75, 3.05) is 18.6 Å². The molecule has 0 bridgehead atoms. The van der Waals surface area contributed by atoms with E-state index in [1.54, 1.807) is 43.2 Å². The standard InChI is InChI=1S/C19H27N3O4/c1-12(17(24)21-19(2,3)4)20-18(25)13-9-16(23)22(11-13)14-7-6-8-15(10-14)26-5/h6-8,10,12-13H,9,11H2,1-5H3,(H,20,25)(H,21,24). The highest BCUT2D eigenvalue weighted by Gasteiger charge is 2.36. The minimum atomic E-state index is -0.664. The summed E-state index contributed by atoms with van der Waals surface area (Å²) in [6.07, 6.45) is 0.122. The first-order chi connectivity index (χ1) is 12.1. The average molecular weight is 361 g/mol. The molecule has 142 valence electrons. The van der Waals surface area contributed by atoms with Crippen molar-refractivity contribution in [1.29, 1.82) is 0 Å². The number of amides is 3. The van der Waals surface area contributed by atoms with Crippen LogP contribution in [0.15, 0.2) is 24.3 Å². The van der Waals surface area contributed by atoms with E-state index in [2.05, 4.69) is 10.6 Å². The molecule has 7 heteroatoms. The number of methoxy groups -OCH3 is 1. The van der Waals surface area contributed by atoms with E-state index in [1.165, 1.54) is 0 Å². The van der Waals surface area contributed by atoms with Gasteiger partial charge in [0.15, 0.2) is 0 Å². The predicted octanol–water partition coefficient (Wildman–Crippen LogP) is 1.47. The van der Waals surface area contributed by atoms with Crippen molar-refractivity contribution in [3.63, 3.8) is 0 Å². The van der Waals surface area contributed by atoms with Crippen LogP contribution in [-0.2, 0) is 14.4 Å². The molecule has 2 N–H and O–H groups in total. The monoisotopic (exact) mass is 361 g/mol. The molecular formula is C19H27N3O4. The lowest BCUT2D eigenvalue weighted by atomic mass is 10.1. The lowest BCUT2D eigenvalue weighted by molar-refractivity contribution is -0.131.